The largest absolute Gasteiger partial charge is 0.487 e. The van der Waals surface area contributed by atoms with Crippen molar-refractivity contribution in [3.05, 3.63) is 58.1 Å². The zero-order valence-electron chi connectivity index (χ0n) is 9.29. The SMILES string of the molecule is Nc1cc(F)ccc1OCc1cccc(F)c1Br. The van der Waals surface area contributed by atoms with Gasteiger partial charge in [0.1, 0.15) is 24.0 Å². The molecule has 0 saturated heterocycles. The van der Waals surface area contributed by atoms with Gasteiger partial charge in [-0.2, -0.15) is 0 Å². The van der Waals surface area contributed by atoms with Crippen LogP contribution in [0.4, 0.5) is 14.5 Å². The molecule has 0 aliphatic carbocycles. The summed E-state index contributed by atoms with van der Waals surface area (Å²) in [4.78, 5) is 0. The summed E-state index contributed by atoms with van der Waals surface area (Å²) in [7, 11) is 0. The maximum absolute atomic E-state index is 13.3. The Balaban J connectivity index is 2.14. The van der Waals surface area contributed by atoms with Crippen LogP contribution in [0, 0.1) is 11.6 Å². The van der Waals surface area contributed by atoms with Gasteiger partial charge in [-0.15, -0.1) is 0 Å². The summed E-state index contributed by atoms with van der Waals surface area (Å²) in [5, 5.41) is 0. The van der Waals surface area contributed by atoms with Gasteiger partial charge in [-0.25, -0.2) is 8.78 Å². The number of hydrogen-bond acceptors (Lipinski definition) is 2. The van der Waals surface area contributed by atoms with E-state index in [4.69, 9.17) is 10.5 Å². The van der Waals surface area contributed by atoms with Crippen LogP contribution < -0.4 is 10.5 Å². The molecule has 0 bridgehead atoms. The summed E-state index contributed by atoms with van der Waals surface area (Å²) < 4.78 is 31.9. The van der Waals surface area contributed by atoms with Crippen LogP contribution in [0.3, 0.4) is 0 Å². The molecule has 0 unspecified atom stereocenters. The molecule has 5 heteroatoms. The van der Waals surface area contributed by atoms with E-state index >= 15 is 0 Å². The number of halogens is 3. The van der Waals surface area contributed by atoms with E-state index in [1.807, 2.05) is 0 Å². The summed E-state index contributed by atoms with van der Waals surface area (Å²) in [5.74, 6) is -0.414. The predicted octanol–water partition coefficient (Wildman–Crippen LogP) is 3.89. The standard InChI is InChI=1S/C13H10BrF2NO/c14-13-8(2-1-3-10(13)16)7-18-12-5-4-9(15)6-11(12)17/h1-6H,7,17H2. The molecule has 94 valence electrons. The quantitative estimate of drug-likeness (QED) is 0.873. The first-order chi connectivity index (χ1) is 8.58. The van der Waals surface area contributed by atoms with Gasteiger partial charge < -0.3 is 10.5 Å². The van der Waals surface area contributed by atoms with Crippen LogP contribution in [-0.2, 0) is 6.61 Å². The minimum atomic E-state index is -0.424. The van der Waals surface area contributed by atoms with Crippen LogP contribution in [0.25, 0.3) is 0 Å². The second-order valence-electron chi connectivity index (χ2n) is 3.68. The Hall–Kier alpha value is -1.62. The molecule has 0 spiro atoms. The summed E-state index contributed by atoms with van der Waals surface area (Å²) in [5.41, 5.74) is 6.46. The first-order valence-corrected chi connectivity index (χ1v) is 5.98. The molecule has 2 aromatic rings. The van der Waals surface area contributed by atoms with Crippen molar-refractivity contribution in [2.45, 2.75) is 6.61 Å². The highest BCUT2D eigenvalue weighted by atomic mass is 79.9. The molecular weight excluding hydrogens is 304 g/mol. The fourth-order valence-corrected chi connectivity index (χ4v) is 1.84. The number of benzene rings is 2. The lowest BCUT2D eigenvalue weighted by Gasteiger charge is -2.10. The Morgan fingerprint density at radius 2 is 1.94 bits per heavy atom. The van der Waals surface area contributed by atoms with Crippen molar-refractivity contribution in [3.8, 4) is 5.75 Å². The molecule has 0 radical (unpaired) electrons. The number of ether oxygens (including phenoxy) is 1. The summed E-state index contributed by atoms with van der Waals surface area (Å²) >= 11 is 3.14. The van der Waals surface area contributed by atoms with Gasteiger partial charge in [0.15, 0.2) is 0 Å². The minimum Gasteiger partial charge on any atom is -0.487 e. The van der Waals surface area contributed by atoms with Crippen LogP contribution >= 0.6 is 15.9 Å². The zero-order valence-corrected chi connectivity index (χ0v) is 10.9. The lowest BCUT2D eigenvalue weighted by molar-refractivity contribution is 0.306. The highest BCUT2D eigenvalue weighted by Gasteiger charge is 2.07. The van der Waals surface area contributed by atoms with Gasteiger partial charge in [0.05, 0.1) is 10.2 Å². The van der Waals surface area contributed by atoms with Crippen molar-refractivity contribution in [3.63, 3.8) is 0 Å². The van der Waals surface area contributed by atoms with Crippen molar-refractivity contribution >= 4 is 21.6 Å². The fourth-order valence-electron chi connectivity index (χ4n) is 1.47. The molecule has 0 saturated carbocycles. The van der Waals surface area contributed by atoms with E-state index in [9.17, 15) is 8.78 Å². The van der Waals surface area contributed by atoms with E-state index in [2.05, 4.69) is 15.9 Å². The molecule has 0 heterocycles. The first-order valence-electron chi connectivity index (χ1n) is 5.18. The van der Waals surface area contributed by atoms with E-state index in [-0.39, 0.29) is 18.1 Å². The lowest BCUT2D eigenvalue weighted by atomic mass is 10.2. The van der Waals surface area contributed by atoms with Crippen LogP contribution in [0.15, 0.2) is 40.9 Å². The number of nitrogen functional groups attached to an aromatic ring is 1. The number of rotatable bonds is 3. The number of anilines is 1. The van der Waals surface area contributed by atoms with Crippen molar-refractivity contribution in [1.82, 2.24) is 0 Å². The van der Waals surface area contributed by atoms with E-state index in [1.165, 1.54) is 24.3 Å². The average Bonchev–Trinajstić information content (AvgIpc) is 2.33. The topological polar surface area (TPSA) is 35.2 Å². The van der Waals surface area contributed by atoms with E-state index < -0.39 is 5.82 Å². The van der Waals surface area contributed by atoms with E-state index in [0.29, 0.717) is 15.8 Å². The van der Waals surface area contributed by atoms with Crippen molar-refractivity contribution in [1.29, 1.82) is 0 Å². The molecule has 0 amide bonds. The molecule has 0 aliphatic rings. The molecule has 2 N–H and O–H groups in total. The molecule has 18 heavy (non-hydrogen) atoms. The zero-order chi connectivity index (χ0) is 13.1. The van der Waals surface area contributed by atoms with Gasteiger partial charge in [-0.3, -0.25) is 0 Å². The lowest BCUT2D eigenvalue weighted by Crippen LogP contribution is -2.00. The molecule has 0 aromatic heterocycles. The van der Waals surface area contributed by atoms with E-state index in [1.54, 1.807) is 12.1 Å². The summed E-state index contributed by atoms with van der Waals surface area (Å²) in [6.45, 7) is 0.147. The Kier molecular flexibility index (Phi) is 3.81. The first kappa shape index (κ1) is 12.8. The third-order valence-corrected chi connectivity index (χ3v) is 3.27. The Morgan fingerprint density at radius 3 is 2.67 bits per heavy atom. The third kappa shape index (κ3) is 2.79. The van der Waals surface area contributed by atoms with Gasteiger partial charge in [-0.1, -0.05) is 12.1 Å². The van der Waals surface area contributed by atoms with Crippen molar-refractivity contribution in [2.75, 3.05) is 5.73 Å². The Morgan fingerprint density at radius 1 is 1.17 bits per heavy atom. The third-order valence-electron chi connectivity index (χ3n) is 2.39. The summed E-state index contributed by atoms with van der Waals surface area (Å²) in [6, 6.07) is 8.54. The monoisotopic (exact) mass is 313 g/mol. The molecule has 0 fully saturated rings. The van der Waals surface area contributed by atoms with Crippen LogP contribution in [0.5, 0.6) is 5.75 Å². The molecule has 2 aromatic carbocycles. The minimum absolute atomic E-state index is 0.147. The molecule has 2 rings (SSSR count). The fraction of sp³-hybridized carbons (Fsp3) is 0.0769. The van der Waals surface area contributed by atoms with Crippen LogP contribution in [0.1, 0.15) is 5.56 Å². The van der Waals surface area contributed by atoms with Crippen LogP contribution in [0.2, 0.25) is 0 Å². The van der Waals surface area contributed by atoms with E-state index in [0.717, 1.165) is 0 Å². The smallest absolute Gasteiger partial charge is 0.142 e. The average molecular weight is 314 g/mol. The highest BCUT2D eigenvalue weighted by molar-refractivity contribution is 9.10. The maximum Gasteiger partial charge on any atom is 0.142 e. The normalized spacial score (nSPS) is 10.4. The van der Waals surface area contributed by atoms with Crippen molar-refractivity contribution in [2.24, 2.45) is 0 Å². The number of nitrogens with two attached hydrogens (primary N) is 1. The molecule has 0 aliphatic heterocycles. The number of hydrogen-bond donors (Lipinski definition) is 1. The van der Waals surface area contributed by atoms with Gasteiger partial charge in [0, 0.05) is 11.6 Å². The second kappa shape index (κ2) is 5.35. The predicted molar refractivity (Wildman–Crippen MR) is 69.2 cm³/mol. The second-order valence-corrected chi connectivity index (χ2v) is 4.48. The Labute approximate surface area is 112 Å². The highest BCUT2D eigenvalue weighted by Crippen LogP contribution is 2.25. The van der Waals surface area contributed by atoms with Gasteiger partial charge >= 0.3 is 0 Å². The summed E-state index contributed by atoms with van der Waals surface area (Å²) in [6.07, 6.45) is 0. The van der Waals surface area contributed by atoms with Crippen LogP contribution in [-0.4, -0.2) is 0 Å². The Bertz CT molecular complexity index is 575. The van der Waals surface area contributed by atoms with Gasteiger partial charge in [0.25, 0.3) is 0 Å². The molecular formula is C13H10BrF2NO. The molecule has 0 atom stereocenters. The maximum atomic E-state index is 13.3. The van der Waals surface area contributed by atoms with Gasteiger partial charge in [0.2, 0.25) is 0 Å². The van der Waals surface area contributed by atoms with Gasteiger partial charge in [-0.05, 0) is 34.1 Å². The molecule has 2 nitrogen and oxygen atoms in total. The van der Waals surface area contributed by atoms with Crippen molar-refractivity contribution < 1.29 is 13.5 Å².